The lowest BCUT2D eigenvalue weighted by molar-refractivity contribution is -0.137. The van der Waals surface area contributed by atoms with Gasteiger partial charge in [-0.05, 0) is 42.8 Å². The first kappa shape index (κ1) is 16.6. The first-order valence-electron chi connectivity index (χ1n) is 8.06. The molecule has 2 aromatic rings. The molecule has 5 nitrogen and oxygen atoms in total. The minimum atomic E-state index is -0.599. The molecule has 25 heavy (non-hydrogen) atoms. The van der Waals surface area contributed by atoms with Crippen molar-refractivity contribution >= 4 is 34.8 Å². The number of hydrogen-bond donors (Lipinski definition) is 0. The van der Waals surface area contributed by atoms with Crippen LogP contribution in [0.15, 0.2) is 48.0 Å². The maximum absolute atomic E-state index is 11.8. The van der Waals surface area contributed by atoms with Gasteiger partial charge in [0.2, 0.25) is 0 Å². The molecule has 1 aliphatic rings. The predicted octanol–water partition coefficient (Wildman–Crippen LogP) is 4.01. The molecule has 0 aromatic heterocycles. The molecule has 0 aliphatic carbocycles. The first-order chi connectivity index (χ1) is 12.1. The zero-order valence-corrected chi connectivity index (χ0v) is 14.5. The molecular weight excluding hydrogens is 314 g/mol. The number of rotatable bonds is 3. The molecule has 0 atom stereocenters. The highest BCUT2D eigenvalue weighted by Crippen LogP contribution is 2.46. The largest absolute Gasteiger partial charge is 0.462 e. The van der Waals surface area contributed by atoms with Crippen LogP contribution in [-0.2, 0) is 9.53 Å². The number of carbonyl (C=O) groups is 1. The van der Waals surface area contributed by atoms with Crippen LogP contribution in [-0.4, -0.2) is 26.7 Å². The van der Waals surface area contributed by atoms with Crippen LogP contribution in [0, 0.1) is 11.3 Å². The Hall–Kier alpha value is -3.26. The number of ether oxygens (including phenoxy) is 1. The van der Waals surface area contributed by atoms with Crippen molar-refractivity contribution in [2.24, 2.45) is 0 Å². The van der Waals surface area contributed by atoms with Gasteiger partial charge >= 0.3 is 5.97 Å². The molecule has 0 radical (unpaired) electrons. The third-order valence-corrected chi connectivity index (χ3v) is 4.25. The zero-order chi connectivity index (χ0) is 18.0. The second-order valence-corrected chi connectivity index (χ2v) is 5.75. The van der Waals surface area contributed by atoms with Crippen molar-refractivity contribution in [1.29, 1.82) is 5.26 Å². The second kappa shape index (κ2) is 6.70. The molecule has 5 heteroatoms. The van der Waals surface area contributed by atoms with E-state index in [0.29, 0.717) is 0 Å². The van der Waals surface area contributed by atoms with E-state index >= 15 is 0 Å². The average molecular weight is 333 g/mol. The monoisotopic (exact) mass is 333 g/mol. The Morgan fingerprint density at radius 1 is 1.08 bits per heavy atom. The topological polar surface area (TPSA) is 56.6 Å². The van der Waals surface area contributed by atoms with Gasteiger partial charge in [0.15, 0.2) is 0 Å². The summed E-state index contributed by atoms with van der Waals surface area (Å²) in [5.74, 6) is -0.599. The number of carbonyl (C=O) groups excluding carboxylic acids is 1. The lowest BCUT2D eigenvalue weighted by Crippen LogP contribution is -2.24. The van der Waals surface area contributed by atoms with Gasteiger partial charge in [0.1, 0.15) is 11.6 Å². The van der Waals surface area contributed by atoms with E-state index < -0.39 is 5.97 Å². The smallest absolute Gasteiger partial charge is 0.348 e. The van der Waals surface area contributed by atoms with E-state index in [1.54, 1.807) is 13.0 Å². The number of anilines is 4. The third-order valence-electron chi connectivity index (χ3n) is 4.25. The van der Waals surface area contributed by atoms with Gasteiger partial charge in [-0.15, -0.1) is 0 Å². The summed E-state index contributed by atoms with van der Waals surface area (Å²) in [6.07, 6.45) is 1.56. The number of nitrogens with zero attached hydrogens (tertiary/aromatic N) is 3. The molecule has 0 N–H and O–H groups in total. The van der Waals surface area contributed by atoms with Crippen LogP contribution in [0.4, 0.5) is 22.7 Å². The van der Waals surface area contributed by atoms with Crippen LogP contribution in [0.5, 0.6) is 0 Å². The second-order valence-electron chi connectivity index (χ2n) is 5.75. The number of fused-ring (bicyclic) bond motifs is 2. The quantitative estimate of drug-likeness (QED) is 0.483. The summed E-state index contributed by atoms with van der Waals surface area (Å²) >= 11 is 0. The molecule has 0 spiro atoms. The molecular formula is C20H19N3O2. The number of hydrogen-bond acceptors (Lipinski definition) is 5. The van der Waals surface area contributed by atoms with Gasteiger partial charge in [-0.2, -0.15) is 5.26 Å². The maximum atomic E-state index is 11.8. The van der Waals surface area contributed by atoms with Gasteiger partial charge in [-0.25, -0.2) is 4.79 Å². The third kappa shape index (κ3) is 2.94. The summed E-state index contributed by atoms with van der Waals surface area (Å²) in [5, 5.41) is 9.21. The van der Waals surface area contributed by atoms with Gasteiger partial charge in [0.25, 0.3) is 0 Å². The van der Waals surface area contributed by atoms with E-state index in [1.807, 2.05) is 50.5 Å². The fourth-order valence-corrected chi connectivity index (χ4v) is 2.99. The van der Waals surface area contributed by atoms with Crippen molar-refractivity contribution in [3.63, 3.8) is 0 Å². The van der Waals surface area contributed by atoms with E-state index in [9.17, 15) is 10.1 Å². The molecule has 1 aliphatic heterocycles. The summed E-state index contributed by atoms with van der Waals surface area (Å²) in [6, 6.07) is 15.9. The minimum Gasteiger partial charge on any atom is -0.462 e. The van der Waals surface area contributed by atoms with Gasteiger partial charge in [-0.1, -0.05) is 18.2 Å². The van der Waals surface area contributed by atoms with E-state index in [4.69, 9.17) is 4.74 Å². The highest BCUT2D eigenvalue weighted by Gasteiger charge is 2.23. The molecule has 126 valence electrons. The molecule has 3 rings (SSSR count). The van der Waals surface area contributed by atoms with Crippen LogP contribution in [0.3, 0.4) is 0 Å². The molecule has 0 fully saturated rings. The molecule has 0 amide bonds. The van der Waals surface area contributed by atoms with Crippen LogP contribution in [0.2, 0.25) is 0 Å². The predicted molar refractivity (Wildman–Crippen MR) is 99.2 cm³/mol. The van der Waals surface area contributed by atoms with Gasteiger partial charge in [0.05, 0.1) is 29.4 Å². The van der Waals surface area contributed by atoms with Crippen LogP contribution in [0.1, 0.15) is 12.5 Å². The summed E-state index contributed by atoms with van der Waals surface area (Å²) in [7, 11) is 4.04. The van der Waals surface area contributed by atoms with Gasteiger partial charge < -0.3 is 14.5 Å². The Balaban J connectivity index is 2.03. The summed E-state index contributed by atoms with van der Waals surface area (Å²) in [6.45, 7) is 1.96. The van der Waals surface area contributed by atoms with Crippen LogP contribution in [0.25, 0.3) is 6.08 Å². The standard InChI is InChI=1S/C20H19N3O2/c1-4-25-20(24)15(13-21)11-14-9-10-18-19(12-14)23(3)17-8-6-5-7-16(17)22(18)2/h5-12H,4H2,1-3H3/b15-11-. The van der Waals surface area contributed by atoms with E-state index in [-0.39, 0.29) is 12.2 Å². The molecule has 0 saturated carbocycles. The Morgan fingerprint density at radius 3 is 2.28 bits per heavy atom. The number of nitriles is 1. The van der Waals surface area contributed by atoms with Crippen LogP contribution >= 0.6 is 0 Å². The molecule has 2 aromatic carbocycles. The Kier molecular flexibility index (Phi) is 4.44. The van der Waals surface area contributed by atoms with E-state index in [0.717, 1.165) is 28.3 Å². The lowest BCUT2D eigenvalue weighted by Gasteiger charge is -2.36. The Morgan fingerprint density at radius 2 is 1.68 bits per heavy atom. The minimum absolute atomic E-state index is 0.00554. The van der Waals surface area contributed by atoms with Crippen molar-refractivity contribution in [3.05, 3.63) is 53.6 Å². The van der Waals surface area contributed by atoms with Crippen molar-refractivity contribution in [3.8, 4) is 6.07 Å². The highest BCUT2D eigenvalue weighted by atomic mass is 16.5. The summed E-state index contributed by atoms with van der Waals surface area (Å²) < 4.78 is 4.92. The molecule has 0 unspecified atom stereocenters. The molecule has 0 bridgehead atoms. The number of para-hydroxylation sites is 2. The van der Waals surface area contributed by atoms with E-state index in [1.165, 1.54) is 0 Å². The normalized spacial score (nSPS) is 13.0. The van der Waals surface area contributed by atoms with Crippen molar-refractivity contribution < 1.29 is 9.53 Å². The van der Waals surface area contributed by atoms with Gasteiger partial charge in [-0.3, -0.25) is 0 Å². The van der Waals surface area contributed by atoms with Crippen molar-refractivity contribution in [2.75, 3.05) is 30.5 Å². The first-order valence-corrected chi connectivity index (χ1v) is 8.06. The highest BCUT2D eigenvalue weighted by molar-refractivity contribution is 5.99. The number of esters is 1. The van der Waals surface area contributed by atoms with Crippen molar-refractivity contribution in [2.45, 2.75) is 6.92 Å². The van der Waals surface area contributed by atoms with E-state index in [2.05, 4.69) is 21.9 Å². The Labute approximate surface area is 147 Å². The Bertz CT molecular complexity index is 896. The van der Waals surface area contributed by atoms with Crippen molar-refractivity contribution in [1.82, 2.24) is 0 Å². The van der Waals surface area contributed by atoms with Gasteiger partial charge in [0, 0.05) is 14.1 Å². The fourth-order valence-electron chi connectivity index (χ4n) is 2.99. The summed E-state index contributed by atoms with van der Waals surface area (Å²) in [5.41, 5.74) is 5.08. The molecule has 1 heterocycles. The SMILES string of the molecule is CCOC(=O)/C(C#N)=C\c1ccc2c(c1)N(C)c1ccccc1N2C. The zero-order valence-electron chi connectivity index (χ0n) is 14.5. The molecule has 0 saturated heterocycles. The summed E-state index contributed by atoms with van der Waals surface area (Å²) in [4.78, 5) is 16.1. The van der Waals surface area contributed by atoms with Crippen LogP contribution < -0.4 is 9.80 Å². The lowest BCUT2D eigenvalue weighted by atomic mass is 10.0. The maximum Gasteiger partial charge on any atom is 0.348 e. The fraction of sp³-hybridized carbons (Fsp3) is 0.200. The number of benzene rings is 2. The average Bonchev–Trinajstić information content (AvgIpc) is 2.64.